The van der Waals surface area contributed by atoms with Gasteiger partial charge in [0.1, 0.15) is 5.75 Å². The van der Waals surface area contributed by atoms with E-state index < -0.39 is 22.0 Å². The Morgan fingerprint density at radius 3 is 2.69 bits per heavy atom. The van der Waals surface area contributed by atoms with Gasteiger partial charge in [0.25, 0.3) is 11.7 Å². The summed E-state index contributed by atoms with van der Waals surface area (Å²) in [7, 11) is -2.62. The Balaban J connectivity index is 1.51. The maximum atomic E-state index is 13.5. The summed E-state index contributed by atoms with van der Waals surface area (Å²) in [5.74, 6) is -3.10. The summed E-state index contributed by atoms with van der Waals surface area (Å²) in [5, 5.41) is 9.63. The third-order valence-electron chi connectivity index (χ3n) is 6.02. The predicted molar refractivity (Wildman–Crippen MR) is 125 cm³/mol. The molecule has 35 heavy (non-hydrogen) atoms. The lowest BCUT2D eigenvalue weighted by atomic mass is 9.99. The molecule has 0 bridgehead atoms. The van der Waals surface area contributed by atoms with Crippen LogP contribution in [0.5, 0.6) is 11.6 Å². The maximum absolute atomic E-state index is 13.5. The van der Waals surface area contributed by atoms with Crippen LogP contribution >= 0.6 is 0 Å². The van der Waals surface area contributed by atoms with Crippen molar-refractivity contribution in [3.63, 3.8) is 0 Å². The zero-order valence-corrected chi connectivity index (χ0v) is 19.1. The molecule has 1 unspecified atom stereocenters. The minimum Gasteiger partial charge on any atom is -0.421 e. The largest absolute Gasteiger partial charge is 0.421 e. The fourth-order valence-corrected chi connectivity index (χ4v) is 5.44. The number of pyridine rings is 1. The maximum Gasteiger partial charge on any atom is 0.326 e. The standard InChI is InChI=1S/C24H17F2N5O3S/c1-28-22-4-3-5-23(29-22)34-18-8-6-16(13-27)19(11-18)15-7-9-20-21(10-15)30(2)35(32,33)31(20)14-17-12-24(17,25)26/h3-11,17H,12,14H2,2H3. The van der Waals surface area contributed by atoms with Crippen molar-refractivity contribution < 1.29 is 21.9 Å². The molecule has 3 aromatic rings. The normalized spacial score (nSPS) is 18.9. The molecule has 2 aliphatic rings. The smallest absolute Gasteiger partial charge is 0.326 e. The second kappa shape index (κ2) is 7.93. The first-order valence-corrected chi connectivity index (χ1v) is 11.9. The fraction of sp³-hybridized carbons (Fsp3) is 0.208. The number of hydrogen-bond acceptors (Lipinski definition) is 5. The average molecular weight is 493 g/mol. The van der Waals surface area contributed by atoms with E-state index in [1.165, 1.54) is 7.05 Å². The van der Waals surface area contributed by atoms with Crippen LogP contribution in [0.15, 0.2) is 54.6 Å². The second-order valence-electron chi connectivity index (χ2n) is 8.24. The van der Waals surface area contributed by atoms with Crippen LogP contribution in [0.4, 0.5) is 26.0 Å². The van der Waals surface area contributed by atoms with Crippen molar-refractivity contribution in [2.45, 2.75) is 12.3 Å². The molecule has 5 rings (SSSR count). The molecule has 8 nitrogen and oxygen atoms in total. The Morgan fingerprint density at radius 2 is 2.00 bits per heavy atom. The van der Waals surface area contributed by atoms with Crippen LogP contribution in [0.3, 0.4) is 0 Å². The highest BCUT2D eigenvalue weighted by molar-refractivity contribution is 7.94. The lowest BCUT2D eigenvalue weighted by Gasteiger charge is -2.18. The lowest BCUT2D eigenvalue weighted by molar-refractivity contribution is 0.101. The highest BCUT2D eigenvalue weighted by Gasteiger charge is 2.59. The number of nitriles is 1. The van der Waals surface area contributed by atoms with Crippen LogP contribution in [0, 0.1) is 23.8 Å². The Bertz CT molecular complexity index is 1550. The number of ether oxygens (including phenoxy) is 1. The molecule has 1 aromatic heterocycles. The van der Waals surface area contributed by atoms with Crippen molar-refractivity contribution in [3.05, 3.63) is 71.6 Å². The number of hydrogen-bond donors (Lipinski definition) is 0. The van der Waals surface area contributed by atoms with Crippen molar-refractivity contribution in [3.8, 4) is 28.8 Å². The Kier molecular flexibility index (Phi) is 5.11. The first-order chi connectivity index (χ1) is 16.6. The number of fused-ring (bicyclic) bond motifs is 1. The molecule has 2 heterocycles. The van der Waals surface area contributed by atoms with Gasteiger partial charge in [0, 0.05) is 37.6 Å². The molecule has 0 radical (unpaired) electrons. The summed E-state index contributed by atoms with van der Waals surface area (Å²) >= 11 is 0. The van der Waals surface area contributed by atoms with Gasteiger partial charge in [-0.05, 0) is 42.0 Å². The van der Waals surface area contributed by atoms with Gasteiger partial charge in [-0.2, -0.15) is 13.7 Å². The molecule has 11 heteroatoms. The number of benzene rings is 2. The second-order valence-corrected chi connectivity index (χ2v) is 10.1. The third-order valence-corrected chi connectivity index (χ3v) is 7.81. The summed E-state index contributed by atoms with van der Waals surface area (Å²) in [5.41, 5.74) is 2.01. The van der Waals surface area contributed by atoms with Crippen LogP contribution in [0.2, 0.25) is 0 Å². The third kappa shape index (κ3) is 3.90. The van der Waals surface area contributed by atoms with Gasteiger partial charge in [-0.1, -0.05) is 23.7 Å². The molecule has 0 spiro atoms. The molecule has 1 saturated carbocycles. The molecule has 1 atom stereocenters. The van der Waals surface area contributed by atoms with Gasteiger partial charge in [0.15, 0.2) is 0 Å². The molecule has 176 valence electrons. The quantitative estimate of drug-likeness (QED) is 0.460. The summed E-state index contributed by atoms with van der Waals surface area (Å²) in [4.78, 5) is 7.35. The average Bonchev–Trinajstić information content (AvgIpc) is 3.41. The van der Waals surface area contributed by atoms with Crippen LogP contribution in [-0.4, -0.2) is 32.9 Å². The van der Waals surface area contributed by atoms with E-state index >= 15 is 0 Å². The number of rotatable bonds is 5. The van der Waals surface area contributed by atoms with Gasteiger partial charge < -0.3 is 9.58 Å². The van der Waals surface area contributed by atoms with Gasteiger partial charge in [-0.15, -0.1) is 0 Å². The number of aromatic nitrogens is 1. The topological polar surface area (TPSA) is 90.9 Å². The predicted octanol–water partition coefficient (Wildman–Crippen LogP) is 5.12. The monoisotopic (exact) mass is 493 g/mol. The van der Waals surface area contributed by atoms with E-state index in [4.69, 9.17) is 11.3 Å². The molecule has 0 N–H and O–H groups in total. The fourth-order valence-electron chi connectivity index (χ4n) is 3.98. The van der Waals surface area contributed by atoms with Crippen molar-refractivity contribution in [2.24, 2.45) is 5.92 Å². The molecule has 2 aromatic carbocycles. The van der Waals surface area contributed by atoms with Gasteiger partial charge >= 0.3 is 16.1 Å². The molecule has 1 aliphatic carbocycles. The van der Waals surface area contributed by atoms with Crippen LogP contribution in [0.25, 0.3) is 16.0 Å². The summed E-state index contributed by atoms with van der Waals surface area (Å²) in [6, 6.07) is 16.5. The van der Waals surface area contributed by atoms with Crippen molar-refractivity contribution >= 4 is 27.4 Å². The minimum absolute atomic E-state index is 0.174. The van der Waals surface area contributed by atoms with E-state index in [1.54, 1.807) is 54.6 Å². The number of nitrogens with zero attached hydrogens (tertiary/aromatic N) is 5. The molecule has 0 amide bonds. The van der Waals surface area contributed by atoms with Crippen molar-refractivity contribution in [2.75, 3.05) is 22.2 Å². The van der Waals surface area contributed by atoms with E-state index in [0.29, 0.717) is 33.8 Å². The first-order valence-electron chi connectivity index (χ1n) is 10.5. The lowest BCUT2D eigenvalue weighted by Crippen LogP contribution is -2.37. The number of halogens is 2. The van der Waals surface area contributed by atoms with E-state index in [1.807, 2.05) is 0 Å². The Hall–Kier alpha value is -4.22. The number of anilines is 2. The molecule has 1 aliphatic heterocycles. The van der Waals surface area contributed by atoms with Gasteiger partial charge in [-0.25, -0.2) is 8.78 Å². The van der Waals surface area contributed by atoms with E-state index in [9.17, 15) is 22.5 Å². The molecule has 1 fully saturated rings. The SMILES string of the molecule is [C-]#[N+]c1cccc(Oc2ccc(C#N)c(-c3ccc4c(c3)N(C)S(=O)(=O)N4CC3CC3(F)F)c2)n1. The van der Waals surface area contributed by atoms with Gasteiger partial charge in [0.05, 0.1) is 23.0 Å². The van der Waals surface area contributed by atoms with Crippen LogP contribution < -0.4 is 13.3 Å². The molecular weight excluding hydrogens is 476 g/mol. The highest BCUT2D eigenvalue weighted by Crippen LogP contribution is 2.52. The summed E-state index contributed by atoms with van der Waals surface area (Å²) in [6.07, 6.45) is -0.331. The van der Waals surface area contributed by atoms with E-state index in [-0.39, 0.29) is 24.7 Å². The van der Waals surface area contributed by atoms with Crippen LogP contribution in [0.1, 0.15) is 12.0 Å². The van der Waals surface area contributed by atoms with Crippen LogP contribution in [-0.2, 0) is 10.2 Å². The van der Waals surface area contributed by atoms with Gasteiger partial charge in [0.2, 0.25) is 0 Å². The zero-order valence-electron chi connectivity index (χ0n) is 18.3. The van der Waals surface area contributed by atoms with Gasteiger partial charge in [-0.3, -0.25) is 8.61 Å². The molecular formula is C24H17F2N5O3S. The summed E-state index contributed by atoms with van der Waals surface area (Å²) < 4.78 is 60.6. The van der Waals surface area contributed by atoms with Crippen molar-refractivity contribution in [1.82, 2.24) is 4.98 Å². The minimum atomic E-state index is -3.99. The zero-order chi connectivity index (χ0) is 25.0. The summed E-state index contributed by atoms with van der Waals surface area (Å²) in [6.45, 7) is 6.79. The van der Waals surface area contributed by atoms with E-state index in [0.717, 1.165) is 8.61 Å². The van der Waals surface area contributed by atoms with E-state index in [2.05, 4.69) is 15.9 Å². The first kappa shape index (κ1) is 22.6. The molecule has 0 saturated heterocycles. The highest BCUT2D eigenvalue weighted by atomic mass is 32.2. The van der Waals surface area contributed by atoms with Crippen molar-refractivity contribution in [1.29, 1.82) is 5.26 Å². The Morgan fingerprint density at radius 1 is 1.23 bits per heavy atom. The number of alkyl halides is 2. The Labute approximate surface area is 200 Å².